The van der Waals surface area contributed by atoms with Gasteiger partial charge in [0.15, 0.2) is 0 Å². The normalized spacial score (nSPS) is 31.5. The fraction of sp³-hybridized carbons (Fsp3) is 0.667. The average Bonchev–Trinajstić information content (AvgIpc) is 2.72. The Labute approximate surface area is 190 Å². The highest BCUT2D eigenvalue weighted by Gasteiger charge is 2.48. The summed E-state index contributed by atoms with van der Waals surface area (Å²) in [5.74, 6) is 3.63. The van der Waals surface area contributed by atoms with E-state index in [1.165, 1.54) is 32.1 Å². The van der Waals surface area contributed by atoms with Gasteiger partial charge in [-0.1, -0.05) is 6.07 Å². The number of sulfonamides is 1. The van der Waals surface area contributed by atoms with Gasteiger partial charge in [-0.15, -0.1) is 4.40 Å². The summed E-state index contributed by atoms with van der Waals surface area (Å²) in [6.45, 7) is 3.17. The molecular weight excluding hydrogens is 426 g/mol. The fourth-order valence-corrected chi connectivity index (χ4v) is 7.59. The second-order valence-electron chi connectivity index (χ2n) is 10.1. The molecule has 2 N–H and O–H groups in total. The minimum atomic E-state index is -3.72. The third kappa shape index (κ3) is 4.57. The molecule has 1 aliphatic heterocycles. The number of aryl methyl sites for hydroxylation is 1. The van der Waals surface area contributed by atoms with Gasteiger partial charge in [0.25, 0.3) is 10.0 Å². The van der Waals surface area contributed by atoms with Gasteiger partial charge in [-0.2, -0.15) is 8.42 Å². The van der Waals surface area contributed by atoms with Crippen LogP contribution in [-0.4, -0.2) is 39.4 Å². The minimum Gasteiger partial charge on any atom is -0.378 e. The van der Waals surface area contributed by atoms with Gasteiger partial charge < -0.3 is 15.4 Å². The van der Waals surface area contributed by atoms with Crippen LogP contribution < -0.4 is 10.6 Å². The smallest absolute Gasteiger partial charge is 0.286 e. The largest absolute Gasteiger partial charge is 0.378 e. The van der Waals surface area contributed by atoms with E-state index in [0.29, 0.717) is 30.8 Å². The molecule has 8 heteroatoms. The highest BCUT2D eigenvalue weighted by atomic mass is 32.2. The van der Waals surface area contributed by atoms with Crippen LogP contribution in [0.5, 0.6) is 0 Å². The molecule has 32 heavy (non-hydrogen) atoms. The van der Waals surface area contributed by atoms with E-state index >= 15 is 0 Å². The molecule has 1 aromatic carbocycles. The summed E-state index contributed by atoms with van der Waals surface area (Å²) < 4.78 is 34.8. The number of rotatable bonds is 8. The third-order valence-electron chi connectivity index (χ3n) is 7.60. The number of hydrogen-bond donors (Lipinski definition) is 2. The van der Waals surface area contributed by atoms with Crippen molar-refractivity contribution in [3.63, 3.8) is 0 Å². The van der Waals surface area contributed by atoms with Crippen LogP contribution in [0.2, 0.25) is 0 Å². The van der Waals surface area contributed by atoms with Crippen molar-refractivity contribution < 1.29 is 17.9 Å². The number of carbonyl (C=O) groups excluding carboxylic acids is 1. The first-order valence-electron chi connectivity index (χ1n) is 12.0. The second kappa shape index (κ2) is 8.78. The van der Waals surface area contributed by atoms with Crippen LogP contribution in [0.25, 0.3) is 0 Å². The molecule has 0 saturated heterocycles. The van der Waals surface area contributed by atoms with Crippen molar-refractivity contribution in [3.8, 4) is 0 Å². The van der Waals surface area contributed by atoms with Crippen molar-refractivity contribution in [1.82, 2.24) is 5.32 Å². The maximum Gasteiger partial charge on any atom is 0.286 e. The highest BCUT2D eigenvalue weighted by Crippen LogP contribution is 2.54. The van der Waals surface area contributed by atoms with Crippen molar-refractivity contribution >= 4 is 27.5 Å². The van der Waals surface area contributed by atoms with Gasteiger partial charge in [-0.05, 0) is 86.8 Å². The van der Waals surface area contributed by atoms with Crippen LogP contribution in [0.15, 0.2) is 27.5 Å². The lowest BCUT2D eigenvalue weighted by atomic mass is 9.55. The molecule has 4 bridgehead atoms. The molecule has 0 spiro atoms. The third-order valence-corrected chi connectivity index (χ3v) is 8.98. The molecule has 0 atom stereocenters. The molecule has 7 nitrogen and oxygen atoms in total. The molecule has 4 saturated carbocycles. The van der Waals surface area contributed by atoms with Crippen molar-refractivity contribution in [2.24, 2.45) is 28.1 Å². The summed E-state index contributed by atoms with van der Waals surface area (Å²) in [6.07, 6.45) is 8.54. The Morgan fingerprint density at radius 2 is 1.88 bits per heavy atom. The minimum absolute atomic E-state index is 0.100. The van der Waals surface area contributed by atoms with Crippen LogP contribution in [-0.2, 0) is 19.6 Å². The lowest BCUT2D eigenvalue weighted by Crippen LogP contribution is -2.49. The summed E-state index contributed by atoms with van der Waals surface area (Å²) >= 11 is 0. The van der Waals surface area contributed by atoms with Crippen LogP contribution >= 0.6 is 0 Å². The van der Waals surface area contributed by atoms with Gasteiger partial charge in [0.2, 0.25) is 5.91 Å². The summed E-state index contributed by atoms with van der Waals surface area (Å²) in [4.78, 5) is 12.4. The van der Waals surface area contributed by atoms with Crippen molar-refractivity contribution in [2.75, 3.05) is 18.5 Å². The first-order chi connectivity index (χ1) is 15.4. The molecule has 4 aliphatic carbocycles. The summed E-state index contributed by atoms with van der Waals surface area (Å²) in [7, 11) is -3.72. The molecule has 0 radical (unpaired) electrons. The average molecular weight is 460 g/mol. The highest BCUT2D eigenvalue weighted by molar-refractivity contribution is 7.90. The van der Waals surface area contributed by atoms with Gasteiger partial charge >= 0.3 is 0 Å². The van der Waals surface area contributed by atoms with E-state index in [0.717, 1.165) is 35.7 Å². The van der Waals surface area contributed by atoms with Crippen LogP contribution in [0.3, 0.4) is 0 Å². The number of carbonyl (C=O) groups is 1. The van der Waals surface area contributed by atoms with Crippen LogP contribution in [0, 0.1) is 30.6 Å². The van der Waals surface area contributed by atoms with Gasteiger partial charge in [0.1, 0.15) is 10.7 Å². The number of amidine groups is 1. The lowest BCUT2D eigenvalue weighted by Gasteiger charge is -2.54. The van der Waals surface area contributed by atoms with E-state index in [9.17, 15) is 13.2 Å². The number of benzene rings is 1. The second-order valence-corrected chi connectivity index (χ2v) is 11.7. The Balaban J connectivity index is 1.02. The molecule has 5 aliphatic rings. The quantitative estimate of drug-likeness (QED) is 0.579. The van der Waals surface area contributed by atoms with Crippen LogP contribution in [0.1, 0.15) is 56.9 Å². The fourth-order valence-electron chi connectivity index (χ4n) is 6.43. The molecule has 1 heterocycles. The Hall–Kier alpha value is -1.93. The zero-order chi connectivity index (χ0) is 22.3. The number of fused-ring (bicyclic) bond motifs is 1. The molecule has 0 aromatic heterocycles. The number of amides is 1. The zero-order valence-electron chi connectivity index (χ0n) is 18.7. The predicted octanol–water partition coefficient (Wildman–Crippen LogP) is 3.64. The van der Waals surface area contributed by atoms with E-state index in [2.05, 4.69) is 15.0 Å². The number of nitrogens with zero attached hydrogens (tertiary/aromatic N) is 1. The topological polar surface area (TPSA) is 96.9 Å². The van der Waals surface area contributed by atoms with E-state index in [1.54, 1.807) is 18.2 Å². The van der Waals surface area contributed by atoms with E-state index in [4.69, 9.17) is 4.74 Å². The maximum absolute atomic E-state index is 12.4. The standard InChI is InChI=1S/C24H33N3O4S/c1-15-3-4-21-20(9-15)26-22(27-32(21,29)30)5-6-23(28)25-7-2-8-31-24-18-11-16-10-17(13-18)14-19(24)12-16/h3-4,9,16-19,24H,2,5-8,10-14H2,1H3,(H,25,28)(H,26,27). The number of anilines is 1. The van der Waals surface area contributed by atoms with E-state index in [1.807, 2.05) is 6.92 Å². The molecule has 6 rings (SSSR count). The van der Waals surface area contributed by atoms with Gasteiger partial charge in [0.05, 0.1) is 11.8 Å². The van der Waals surface area contributed by atoms with Crippen molar-refractivity contribution in [3.05, 3.63) is 23.8 Å². The van der Waals surface area contributed by atoms with Gasteiger partial charge in [-0.3, -0.25) is 4.79 Å². The number of nitrogens with one attached hydrogen (secondary N) is 2. The summed E-state index contributed by atoms with van der Waals surface area (Å²) in [5, 5.41) is 5.98. The van der Waals surface area contributed by atoms with Crippen molar-refractivity contribution in [1.29, 1.82) is 0 Å². The maximum atomic E-state index is 12.4. The molecule has 0 unspecified atom stereocenters. The summed E-state index contributed by atoms with van der Waals surface area (Å²) in [6, 6.07) is 5.09. The summed E-state index contributed by atoms with van der Waals surface area (Å²) in [5.41, 5.74) is 1.48. The Morgan fingerprint density at radius 1 is 1.16 bits per heavy atom. The number of ether oxygens (including phenoxy) is 1. The number of hydrogen-bond acceptors (Lipinski definition) is 5. The monoisotopic (exact) mass is 459 g/mol. The molecule has 174 valence electrons. The van der Waals surface area contributed by atoms with E-state index < -0.39 is 10.0 Å². The lowest BCUT2D eigenvalue weighted by molar-refractivity contribution is -0.127. The Bertz CT molecular complexity index is 992. The Kier molecular flexibility index (Phi) is 6.01. The van der Waals surface area contributed by atoms with Crippen molar-refractivity contribution in [2.45, 2.75) is 69.3 Å². The predicted molar refractivity (Wildman–Crippen MR) is 123 cm³/mol. The van der Waals surface area contributed by atoms with Gasteiger partial charge in [0, 0.05) is 26.0 Å². The first kappa shape index (κ1) is 21.9. The van der Waals surface area contributed by atoms with Crippen LogP contribution in [0.4, 0.5) is 5.69 Å². The van der Waals surface area contributed by atoms with E-state index in [-0.39, 0.29) is 23.6 Å². The SMILES string of the molecule is Cc1ccc2c(c1)NC(CCC(=O)NCCCOC1C3CC4CC(C3)CC1C4)=NS2(=O)=O. The zero-order valence-corrected chi connectivity index (χ0v) is 19.5. The molecule has 1 aromatic rings. The molecule has 4 fully saturated rings. The Morgan fingerprint density at radius 3 is 2.59 bits per heavy atom. The first-order valence-corrected chi connectivity index (χ1v) is 13.4. The van der Waals surface area contributed by atoms with Gasteiger partial charge in [-0.25, -0.2) is 0 Å². The molecular formula is C24H33N3O4S. The molecule has 1 amide bonds.